The fourth-order valence-corrected chi connectivity index (χ4v) is 4.06. The SMILES string of the molecule is Cc1noc(C)c1-c1ccnc(O[C@@H]2CCN(c3cnn(CCCO)c(=O)c3Cl)C2)c1. The monoisotopic (exact) mass is 445 g/mol. The summed E-state index contributed by atoms with van der Waals surface area (Å²) in [6.07, 6.45) is 4.42. The van der Waals surface area contributed by atoms with Crippen LogP contribution in [0.25, 0.3) is 11.1 Å². The first kappa shape index (κ1) is 21.3. The Balaban J connectivity index is 1.46. The summed E-state index contributed by atoms with van der Waals surface area (Å²) in [5, 5.41) is 17.3. The van der Waals surface area contributed by atoms with Crippen LogP contribution in [0.4, 0.5) is 5.69 Å². The van der Waals surface area contributed by atoms with Gasteiger partial charge < -0.3 is 19.3 Å². The van der Waals surface area contributed by atoms with Gasteiger partial charge in [-0.15, -0.1) is 0 Å². The van der Waals surface area contributed by atoms with Crippen molar-refractivity contribution < 1.29 is 14.4 Å². The average Bonchev–Trinajstić information content (AvgIpc) is 3.35. The second-order valence-electron chi connectivity index (χ2n) is 7.51. The van der Waals surface area contributed by atoms with Gasteiger partial charge >= 0.3 is 0 Å². The number of aromatic nitrogens is 4. The van der Waals surface area contributed by atoms with Crippen molar-refractivity contribution in [3.63, 3.8) is 0 Å². The van der Waals surface area contributed by atoms with Gasteiger partial charge in [-0.1, -0.05) is 16.8 Å². The summed E-state index contributed by atoms with van der Waals surface area (Å²) in [6, 6.07) is 3.78. The number of aliphatic hydroxyl groups is 1. The third kappa shape index (κ3) is 4.42. The van der Waals surface area contributed by atoms with Crippen LogP contribution in [0.2, 0.25) is 5.02 Å². The molecule has 1 N–H and O–H groups in total. The number of pyridine rings is 1. The van der Waals surface area contributed by atoms with Crippen LogP contribution in [0.3, 0.4) is 0 Å². The molecule has 0 aliphatic carbocycles. The number of rotatable bonds is 7. The molecule has 4 heterocycles. The summed E-state index contributed by atoms with van der Waals surface area (Å²) in [6.45, 7) is 5.35. The molecule has 0 aromatic carbocycles. The molecule has 1 aliphatic heterocycles. The normalized spacial score (nSPS) is 16.1. The Hall–Kier alpha value is -2.91. The molecule has 10 heteroatoms. The van der Waals surface area contributed by atoms with E-state index in [1.807, 2.05) is 30.9 Å². The number of halogens is 1. The molecule has 0 amide bonds. The highest BCUT2D eigenvalue weighted by Crippen LogP contribution is 2.30. The molecule has 3 aromatic heterocycles. The molecule has 1 atom stereocenters. The smallest absolute Gasteiger partial charge is 0.287 e. The molecule has 3 aromatic rings. The van der Waals surface area contributed by atoms with Gasteiger partial charge in [0, 0.05) is 43.9 Å². The standard InChI is InChI=1S/C21H24ClN5O4/c1-13-19(14(2)31-25-13)15-4-6-23-18(10-15)30-16-5-8-26(12-16)17-11-24-27(7-3-9-28)21(29)20(17)22/h4,6,10-11,16,28H,3,5,7-9,12H2,1-2H3/t16-/m1/s1. The van der Waals surface area contributed by atoms with Crippen LogP contribution >= 0.6 is 11.6 Å². The lowest BCUT2D eigenvalue weighted by Crippen LogP contribution is -2.30. The summed E-state index contributed by atoms with van der Waals surface area (Å²) in [5.41, 5.74) is 2.94. The second kappa shape index (κ2) is 9.07. The van der Waals surface area contributed by atoms with Crippen LogP contribution in [0.15, 0.2) is 33.8 Å². The number of hydrogen-bond donors (Lipinski definition) is 1. The minimum absolute atomic E-state index is 0.00981. The Labute approximate surface area is 184 Å². The number of anilines is 1. The molecule has 0 unspecified atom stereocenters. The maximum absolute atomic E-state index is 12.4. The Morgan fingerprint density at radius 2 is 2.23 bits per heavy atom. The van der Waals surface area contributed by atoms with Gasteiger partial charge in [-0.3, -0.25) is 4.79 Å². The first-order chi connectivity index (χ1) is 15.0. The molecule has 9 nitrogen and oxygen atoms in total. The van der Waals surface area contributed by atoms with Gasteiger partial charge in [-0.2, -0.15) is 5.10 Å². The van der Waals surface area contributed by atoms with Gasteiger partial charge in [0.2, 0.25) is 5.88 Å². The quantitative estimate of drug-likeness (QED) is 0.591. The van der Waals surface area contributed by atoms with Crippen molar-refractivity contribution >= 4 is 17.3 Å². The number of nitrogens with zero attached hydrogens (tertiary/aromatic N) is 5. The van der Waals surface area contributed by atoms with Gasteiger partial charge in [0.05, 0.1) is 24.1 Å². The maximum Gasteiger partial charge on any atom is 0.287 e. The van der Waals surface area contributed by atoms with Crippen molar-refractivity contribution in [1.82, 2.24) is 19.9 Å². The minimum Gasteiger partial charge on any atom is -0.472 e. The Bertz CT molecular complexity index is 1110. The van der Waals surface area contributed by atoms with E-state index in [4.69, 9.17) is 26.0 Å². The zero-order valence-electron chi connectivity index (χ0n) is 17.4. The molecule has 1 aliphatic rings. The van der Waals surface area contributed by atoms with E-state index >= 15 is 0 Å². The minimum atomic E-state index is -0.356. The molecule has 0 radical (unpaired) electrons. The van der Waals surface area contributed by atoms with Crippen molar-refractivity contribution in [3.8, 4) is 17.0 Å². The highest BCUT2D eigenvalue weighted by molar-refractivity contribution is 6.33. The predicted octanol–water partition coefficient (Wildman–Crippen LogP) is 2.60. The highest BCUT2D eigenvalue weighted by Gasteiger charge is 2.27. The summed E-state index contributed by atoms with van der Waals surface area (Å²) < 4.78 is 12.6. The van der Waals surface area contributed by atoms with E-state index in [1.165, 1.54) is 4.68 Å². The fraction of sp³-hybridized carbons (Fsp3) is 0.429. The van der Waals surface area contributed by atoms with E-state index in [-0.39, 0.29) is 23.3 Å². The zero-order chi connectivity index (χ0) is 22.0. The number of hydrogen-bond acceptors (Lipinski definition) is 8. The number of ether oxygens (including phenoxy) is 1. The third-order valence-corrected chi connectivity index (χ3v) is 5.68. The third-order valence-electron chi connectivity index (χ3n) is 5.32. The van der Waals surface area contributed by atoms with Gasteiger partial charge in [-0.25, -0.2) is 9.67 Å². The zero-order valence-corrected chi connectivity index (χ0v) is 18.2. The van der Waals surface area contributed by atoms with E-state index in [2.05, 4.69) is 15.2 Å². The van der Waals surface area contributed by atoms with Crippen LogP contribution < -0.4 is 15.2 Å². The van der Waals surface area contributed by atoms with Gasteiger partial charge in [0.25, 0.3) is 5.56 Å². The first-order valence-electron chi connectivity index (χ1n) is 10.1. The fourth-order valence-electron chi connectivity index (χ4n) is 3.80. The van der Waals surface area contributed by atoms with Crippen LogP contribution in [0.1, 0.15) is 24.3 Å². The van der Waals surface area contributed by atoms with Crippen LogP contribution in [0, 0.1) is 13.8 Å². The summed E-state index contributed by atoms with van der Waals surface area (Å²) in [5.74, 6) is 1.27. The topological polar surface area (TPSA) is 107 Å². The molecule has 4 rings (SSSR count). The Morgan fingerprint density at radius 3 is 2.97 bits per heavy atom. The van der Waals surface area contributed by atoms with E-state index in [0.717, 1.165) is 29.0 Å². The Kier molecular flexibility index (Phi) is 6.24. The summed E-state index contributed by atoms with van der Waals surface area (Å²) >= 11 is 6.33. The number of aliphatic hydroxyl groups excluding tert-OH is 1. The van der Waals surface area contributed by atoms with Crippen molar-refractivity contribution in [3.05, 3.63) is 51.4 Å². The molecule has 0 bridgehead atoms. The maximum atomic E-state index is 12.4. The molecule has 1 fully saturated rings. The molecule has 1 saturated heterocycles. The van der Waals surface area contributed by atoms with Crippen LogP contribution in [-0.2, 0) is 6.54 Å². The summed E-state index contributed by atoms with van der Waals surface area (Å²) in [4.78, 5) is 18.8. The van der Waals surface area contributed by atoms with Crippen molar-refractivity contribution in [2.75, 3.05) is 24.6 Å². The molecular weight excluding hydrogens is 422 g/mol. The van der Waals surface area contributed by atoms with Crippen LogP contribution in [-0.4, -0.2) is 50.8 Å². The van der Waals surface area contributed by atoms with Gasteiger partial charge in [0.1, 0.15) is 16.9 Å². The molecule has 0 spiro atoms. The van der Waals surface area contributed by atoms with Gasteiger partial charge in [0.15, 0.2) is 0 Å². The lowest BCUT2D eigenvalue weighted by atomic mass is 10.1. The van der Waals surface area contributed by atoms with Crippen molar-refractivity contribution in [2.24, 2.45) is 0 Å². The Morgan fingerprint density at radius 1 is 1.39 bits per heavy atom. The number of aryl methyl sites for hydroxylation is 3. The summed E-state index contributed by atoms with van der Waals surface area (Å²) in [7, 11) is 0. The lowest BCUT2D eigenvalue weighted by Gasteiger charge is -2.20. The predicted molar refractivity (Wildman–Crippen MR) is 116 cm³/mol. The van der Waals surface area contributed by atoms with E-state index in [9.17, 15) is 4.79 Å². The second-order valence-corrected chi connectivity index (χ2v) is 7.88. The van der Waals surface area contributed by atoms with Crippen molar-refractivity contribution in [1.29, 1.82) is 0 Å². The van der Waals surface area contributed by atoms with Crippen molar-refractivity contribution in [2.45, 2.75) is 39.3 Å². The molecule has 31 heavy (non-hydrogen) atoms. The lowest BCUT2D eigenvalue weighted by molar-refractivity contribution is 0.216. The van der Waals surface area contributed by atoms with Crippen LogP contribution in [0.5, 0.6) is 5.88 Å². The molecule has 164 valence electrons. The van der Waals surface area contributed by atoms with E-state index in [0.29, 0.717) is 37.6 Å². The first-order valence-corrected chi connectivity index (χ1v) is 10.5. The average molecular weight is 446 g/mol. The molecule has 0 saturated carbocycles. The van der Waals surface area contributed by atoms with E-state index in [1.54, 1.807) is 12.4 Å². The van der Waals surface area contributed by atoms with E-state index < -0.39 is 0 Å². The van der Waals surface area contributed by atoms with Gasteiger partial charge in [-0.05, 0) is 31.9 Å². The molecular formula is C21H24ClN5O4. The largest absolute Gasteiger partial charge is 0.472 e. The highest BCUT2D eigenvalue weighted by atomic mass is 35.5.